The number of aryl methyl sites for hydroxylation is 1. The van der Waals surface area contributed by atoms with Crippen molar-refractivity contribution in [3.63, 3.8) is 0 Å². The van der Waals surface area contributed by atoms with Crippen molar-refractivity contribution in [2.45, 2.75) is 51.7 Å². The molecule has 4 rings (SSSR count). The number of nitrogens with one attached hydrogen (secondary N) is 2. The summed E-state index contributed by atoms with van der Waals surface area (Å²) in [6.07, 6.45) is 0.116. The molecule has 30 heavy (non-hydrogen) atoms. The van der Waals surface area contributed by atoms with Crippen LogP contribution in [0.25, 0.3) is 10.2 Å². The number of carbonyl (C=O) groups excluding carboxylic acids is 1. The molecule has 0 unspecified atom stereocenters. The molecular weight excluding hydrogens is 417 g/mol. The maximum Gasteiger partial charge on any atom is 0.418 e. The Labute approximate surface area is 174 Å². The van der Waals surface area contributed by atoms with Gasteiger partial charge in [0.2, 0.25) is 5.43 Å². The van der Waals surface area contributed by atoms with E-state index in [1.165, 1.54) is 6.20 Å². The molecule has 2 N–H and O–H groups in total. The van der Waals surface area contributed by atoms with Crippen molar-refractivity contribution in [2.24, 2.45) is 0 Å². The molecule has 1 amide bonds. The number of pyridine rings is 1. The van der Waals surface area contributed by atoms with Crippen molar-refractivity contribution >= 4 is 27.7 Å². The number of likely N-dealkylation sites (tertiary alicyclic amines) is 1. The van der Waals surface area contributed by atoms with E-state index in [0.29, 0.717) is 22.6 Å². The molecule has 3 heterocycles. The molecule has 0 saturated carbocycles. The number of aromatic nitrogens is 2. The molecule has 2 aromatic rings. The number of rotatable bonds is 3. The fourth-order valence-corrected chi connectivity index (χ4v) is 4.89. The largest absolute Gasteiger partial charge is 0.418 e. The van der Waals surface area contributed by atoms with E-state index in [2.05, 4.69) is 14.7 Å². The van der Waals surface area contributed by atoms with Crippen LogP contribution in [0.3, 0.4) is 0 Å². The predicted molar refractivity (Wildman–Crippen MR) is 108 cm³/mol. The average Bonchev–Trinajstić information content (AvgIpc) is 3.27. The number of halogens is 3. The van der Waals surface area contributed by atoms with Gasteiger partial charge < -0.3 is 15.2 Å². The summed E-state index contributed by atoms with van der Waals surface area (Å²) in [5, 5.41) is 2.64. The van der Waals surface area contributed by atoms with E-state index in [9.17, 15) is 22.8 Å². The summed E-state index contributed by atoms with van der Waals surface area (Å²) in [7, 11) is 0. The highest BCUT2D eigenvalue weighted by Gasteiger charge is 2.38. The van der Waals surface area contributed by atoms with E-state index >= 15 is 0 Å². The van der Waals surface area contributed by atoms with E-state index in [0.717, 1.165) is 37.0 Å². The molecule has 10 heteroatoms. The van der Waals surface area contributed by atoms with Crippen LogP contribution in [0.5, 0.6) is 0 Å². The fraction of sp³-hybridized carbons (Fsp3) is 0.450. The molecule has 6 nitrogen and oxygen atoms in total. The summed E-state index contributed by atoms with van der Waals surface area (Å²) in [5.41, 5.74) is -0.720. The van der Waals surface area contributed by atoms with Crippen LogP contribution in [0.1, 0.15) is 48.7 Å². The summed E-state index contributed by atoms with van der Waals surface area (Å²) < 4.78 is 45.3. The highest BCUT2D eigenvalue weighted by atomic mass is 32.1. The predicted octanol–water partition coefficient (Wildman–Crippen LogP) is 4.00. The molecule has 160 valence electrons. The van der Waals surface area contributed by atoms with Crippen LogP contribution in [0.15, 0.2) is 34.0 Å². The second-order valence-electron chi connectivity index (χ2n) is 7.67. The third-order valence-corrected chi connectivity index (χ3v) is 6.56. The Kier molecular flexibility index (Phi) is 5.21. The first kappa shape index (κ1) is 20.6. The van der Waals surface area contributed by atoms with Gasteiger partial charge in [-0.05, 0) is 57.1 Å². The topological polar surface area (TPSA) is 78.1 Å². The van der Waals surface area contributed by atoms with Gasteiger partial charge in [-0.1, -0.05) is 0 Å². The lowest BCUT2D eigenvalue weighted by molar-refractivity contribution is -0.0898. The third-order valence-electron chi connectivity index (χ3n) is 5.69. The van der Waals surface area contributed by atoms with Crippen molar-refractivity contribution in [2.75, 3.05) is 6.54 Å². The quantitative estimate of drug-likeness (QED) is 0.759. The lowest BCUT2D eigenvalue weighted by Gasteiger charge is -2.31. The number of nitrogens with zero attached hydrogens (tertiary/aromatic N) is 2. The standard InChI is InChI=1S/C20H21F3N4O2S/c1-10-4-3-7-27(10)12-5-6-15(14(8-12)20(21,22)23)25-18(29)13-9-24-19-16(17(13)28)11(2)26-30-19/h8-10H,3-7H2,1-2H3,(H,24,28)(H,25,29)/t10-/m0/s1. The number of alkyl halides is 3. The monoisotopic (exact) mass is 438 g/mol. The molecule has 0 bridgehead atoms. The van der Waals surface area contributed by atoms with E-state index in [-0.39, 0.29) is 29.1 Å². The zero-order valence-electron chi connectivity index (χ0n) is 16.5. The molecule has 1 fully saturated rings. The van der Waals surface area contributed by atoms with Crippen molar-refractivity contribution in [3.8, 4) is 0 Å². The molecule has 0 radical (unpaired) electrons. The van der Waals surface area contributed by atoms with E-state index < -0.39 is 23.1 Å². The highest BCUT2D eigenvalue weighted by molar-refractivity contribution is 7.12. The first-order valence-corrected chi connectivity index (χ1v) is 10.5. The minimum absolute atomic E-state index is 0.0504. The number of hydrogen-bond acceptors (Lipinski definition) is 5. The Balaban J connectivity index is 1.68. The number of amides is 1. The van der Waals surface area contributed by atoms with E-state index in [1.54, 1.807) is 6.92 Å². The SMILES string of the molecule is Cc1nsc2[nH]cc(C(=O)NC3=C(C(F)(F)F)C=C(N4CCC[C@@H]4C)CC3)c(=O)c12. The van der Waals surface area contributed by atoms with Crippen LogP contribution < -0.4 is 10.7 Å². The van der Waals surface area contributed by atoms with Crippen molar-refractivity contribution < 1.29 is 18.0 Å². The minimum atomic E-state index is -4.61. The maximum absolute atomic E-state index is 13.8. The number of allylic oxidation sites excluding steroid dienone is 4. The van der Waals surface area contributed by atoms with Gasteiger partial charge in [-0.3, -0.25) is 9.59 Å². The number of fused-ring (bicyclic) bond motifs is 1. The van der Waals surface area contributed by atoms with Gasteiger partial charge in [0.1, 0.15) is 10.4 Å². The summed E-state index contributed by atoms with van der Waals surface area (Å²) in [5.74, 6) is -0.855. The van der Waals surface area contributed by atoms with Gasteiger partial charge in [-0.25, -0.2) is 0 Å². The van der Waals surface area contributed by atoms with Gasteiger partial charge in [0.15, 0.2) is 0 Å². The number of hydrogen-bond donors (Lipinski definition) is 2. The van der Waals surface area contributed by atoms with Crippen molar-refractivity contribution in [1.29, 1.82) is 0 Å². The van der Waals surface area contributed by atoms with E-state index in [4.69, 9.17) is 0 Å². The average molecular weight is 438 g/mol. The number of carbonyl (C=O) groups is 1. The van der Waals surface area contributed by atoms with Crippen LogP contribution >= 0.6 is 11.5 Å². The molecule has 1 aliphatic heterocycles. The van der Waals surface area contributed by atoms with Gasteiger partial charge in [-0.2, -0.15) is 17.5 Å². The molecular formula is C20H21F3N4O2S. The Morgan fingerprint density at radius 1 is 1.37 bits per heavy atom. The van der Waals surface area contributed by atoms with Crippen LogP contribution in [0, 0.1) is 6.92 Å². The van der Waals surface area contributed by atoms with Gasteiger partial charge in [0.25, 0.3) is 5.91 Å². The summed E-state index contributed by atoms with van der Waals surface area (Å²) >= 11 is 1.09. The molecule has 0 spiro atoms. The molecule has 1 saturated heterocycles. The smallest absolute Gasteiger partial charge is 0.372 e. The van der Waals surface area contributed by atoms with Gasteiger partial charge in [0, 0.05) is 30.2 Å². The fourth-order valence-electron chi connectivity index (χ4n) is 4.13. The summed E-state index contributed by atoms with van der Waals surface area (Å²) in [6, 6.07) is 0.203. The Morgan fingerprint density at radius 3 is 2.80 bits per heavy atom. The molecule has 0 aromatic carbocycles. The van der Waals surface area contributed by atoms with Gasteiger partial charge in [-0.15, -0.1) is 0 Å². The van der Waals surface area contributed by atoms with Crippen LogP contribution in [-0.4, -0.2) is 38.9 Å². The molecule has 1 aliphatic carbocycles. The first-order chi connectivity index (χ1) is 14.2. The normalized spacial score (nSPS) is 20.1. The van der Waals surface area contributed by atoms with Crippen LogP contribution in [0.4, 0.5) is 13.2 Å². The Morgan fingerprint density at radius 2 is 2.13 bits per heavy atom. The van der Waals surface area contributed by atoms with Crippen molar-refractivity contribution in [1.82, 2.24) is 19.6 Å². The highest BCUT2D eigenvalue weighted by Crippen LogP contribution is 2.37. The zero-order valence-corrected chi connectivity index (χ0v) is 17.3. The summed E-state index contributed by atoms with van der Waals surface area (Å²) in [6.45, 7) is 4.39. The third kappa shape index (κ3) is 3.64. The molecule has 1 atom stereocenters. The van der Waals surface area contributed by atoms with Gasteiger partial charge >= 0.3 is 6.18 Å². The first-order valence-electron chi connectivity index (χ1n) is 9.73. The minimum Gasteiger partial charge on any atom is -0.372 e. The molecule has 2 aromatic heterocycles. The summed E-state index contributed by atoms with van der Waals surface area (Å²) in [4.78, 5) is 30.7. The van der Waals surface area contributed by atoms with Gasteiger partial charge in [0.05, 0.1) is 16.7 Å². The second kappa shape index (κ2) is 7.57. The number of H-pyrrole nitrogens is 1. The lowest BCUT2D eigenvalue weighted by Crippen LogP contribution is -2.34. The second-order valence-corrected chi connectivity index (χ2v) is 8.44. The maximum atomic E-state index is 13.8. The lowest BCUT2D eigenvalue weighted by atomic mass is 9.98. The van der Waals surface area contributed by atoms with Crippen molar-refractivity contribution in [3.05, 3.63) is 50.7 Å². The van der Waals surface area contributed by atoms with E-state index in [1.807, 2.05) is 11.8 Å². The zero-order chi connectivity index (χ0) is 21.6. The number of aromatic amines is 1. The van der Waals surface area contributed by atoms with Crippen LogP contribution in [-0.2, 0) is 0 Å². The Hall–Kier alpha value is -2.62. The molecule has 2 aliphatic rings. The Bertz CT molecular complexity index is 1130. The van der Waals surface area contributed by atoms with Crippen LogP contribution in [0.2, 0.25) is 0 Å².